The van der Waals surface area contributed by atoms with E-state index in [1.54, 1.807) is 30.6 Å². The molecule has 0 aliphatic carbocycles. The Kier molecular flexibility index (Phi) is 7.48. The van der Waals surface area contributed by atoms with Crippen molar-refractivity contribution >= 4 is 27.3 Å². The quantitative estimate of drug-likeness (QED) is 0.323. The molecular formula is C24H28N6O5S2. The number of ether oxygens (including phenoxy) is 2. The second-order valence-corrected chi connectivity index (χ2v) is 11.7. The normalized spacial score (nSPS) is 13.3. The Bertz CT molecular complexity index is 1490. The zero-order valence-electron chi connectivity index (χ0n) is 21.3. The monoisotopic (exact) mass is 544 g/mol. The summed E-state index contributed by atoms with van der Waals surface area (Å²) in [5.41, 5.74) is 2.63. The molecule has 196 valence electrons. The van der Waals surface area contributed by atoms with Gasteiger partial charge in [-0.1, -0.05) is 6.07 Å². The third-order valence-corrected chi connectivity index (χ3v) is 8.73. The Morgan fingerprint density at radius 2 is 1.76 bits per heavy atom. The van der Waals surface area contributed by atoms with E-state index < -0.39 is 21.4 Å². The summed E-state index contributed by atoms with van der Waals surface area (Å²) in [5, 5.41) is 18.4. The van der Waals surface area contributed by atoms with E-state index in [2.05, 4.69) is 24.9 Å². The molecule has 0 fully saturated rings. The van der Waals surface area contributed by atoms with Gasteiger partial charge in [-0.25, -0.2) is 13.4 Å². The number of pyridine rings is 1. The first kappa shape index (κ1) is 26.5. The average Bonchev–Trinajstić information content (AvgIpc) is 3.44. The van der Waals surface area contributed by atoms with Gasteiger partial charge in [-0.05, 0) is 51.5 Å². The largest absolute Gasteiger partial charge is 0.494 e. The molecule has 0 bridgehead atoms. The minimum atomic E-state index is -4.16. The summed E-state index contributed by atoms with van der Waals surface area (Å²) in [5.74, 6) is 1.02. The second-order valence-electron chi connectivity index (χ2n) is 8.44. The number of aryl methyl sites for hydroxylation is 3. The molecule has 4 rings (SSSR count). The molecular weight excluding hydrogens is 516 g/mol. The molecule has 0 aliphatic rings. The maximum Gasteiger partial charge on any atom is 0.243 e. The molecule has 0 saturated heterocycles. The summed E-state index contributed by atoms with van der Waals surface area (Å²) in [6.45, 7) is 6.97. The maximum atomic E-state index is 13.4. The Hall–Kier alpha value is -3.55. The number of thiazole rings is 1. The lowest BCUT2D eigenvalue weighted by Gasteiger charge is -2.20. The number of sulfonamides is 1. The van der Waals surface area contributed by atoms with Gasteiger partial charge >= 0.3 is 0 Å². The zero-order valence-corrected chi connectivity index (χ0v) is 22.9. The summed E-state index contributed by atoms with van der Waals surface area (Å²) in [6, 6.07) is 7.04. The molecule has 37 heavy (non-hydrogen) atoms. The molecule has 13 heteroatoms. The summed E-state index contributed by atoms with van der Waals surface area (Å²) in [4.78, 5) is 9.46. The first-order valence-corrected chi connectivity index (χ1v) is 13.7. The van der Waals surface area contributed by atoms with Crippen LogP contribution in [-0.4, -0.2) is 57.7 Å². The van der Waals surface area contributed by atoms with Gasteiger partial charge in [0.05, 0.1) is 19.9 Å². The van der Waals surface area contributed by atoms with E-state index in [9.17, 15) is 13.5 Å². The fourth-order valence-electron chi connectivity index (χ4n) is 3.69. The van der Waals surface area contributed by atoms with Gasteiger partial charge in [-0.3, -0.25) is 14.3 Å². The number of aromatic nitrogens is 5. The lowest BCUT2D eigenvalue weighted by atomic mass is 10.2. The van der Waals surface area contributed by atoms with Gasteiger partial charge in [-0.2, -0.15) is 0 Å². The van der Waals surface area contributed by atoms with E-state index in [0.29, 0.717) is 33.6 Å². The van der Waals surface area contributed by atoms with E-state index in [4.69, 9.17) is 9.47 Å². The SMILES string of the molecule is COc1cccc(OC)c1-n1c(NS(=O)(=O)[C@H](C)[C@H](O)c2nc(C)c(C)s2)nnc1-c1cncc(C)c1. The average molecular weight is 545 g/mol. The van der Waals surface area contributed by atoms with Gasteiger partial charge < -0.3 is 14.6 Å². The number of methoxy groups -OCH3 is 2. The highest BCUT2D eigenvalue weighted by molar-refractivity contribution is 7.93. The predicted octanol–water partition coefficient (Wildman–Crippen LogP) is 3.59. The van der Waals surface area contributed by atoms with Crippen molar-refractivity contribution in [3.05, 3.63) is 57.8 Å². The molecule has 1 aromatic carbocycles. The smallest absolute Gasteiger partial charge is 0.243 e. The van der Waals surface area contributed by atoms with Crippen molar-refractivity contribution in [1.82, 2.24) is 24.7 Å². The number of nitrogens with zero attached hydrogens (tertiary/aromatic N) is 5. The van der Waals surface area contributed by atoms with Crippen LogP contribution in [0.15, 0.2) is 36.7 Å². The van der Waals surface area contributed by atoms with Crippen molar-refractivity contribution in [1.29, 1.82) is 0 Å². The number of benzene rings is 1. The second kappa shape index (κ2) is 10.4. The molecule has 3 aromatic heterocycles. The highest BCUT2D eigenvalue weighted by atomic mass is 32.2. The minimum absolute atomic E-state index is 0.107. The number of aliphatic hydroxyl groups is 1. The van der Waals surface area contributed by atoms with Crippen LogP contribution < -0.4 is 14.2 Å². The van der Waals surface area contributed by atoms with Gasteiger partial charge in [-0.15, -0.1) is 21.5 Å². The number of anilines is 1. The van der Waals surface area contributed by atoms with Crippen LogP contribution in [0.4, 0.5) is 5.95 Å². The Labute approximate surface area is 219 Å². The number of hydrogen-bond donors (Lipinski definition) is 2. The molecule has 0 aliphatic heterocycles. The van der Waals surface area contributed by atoms with E-state index in [0.717, 1.165) is 16.1 Å². The van der Waals surface area contributed by atoms with Crippen LogP contribution in [0.3, 0.4) is 0 Å². The van der Waals surface area contributed by atoms with Crippen molar-refractivity contribution in [2.75, 3.05) is 18.9 Å². The van der Waals surface area contributed by atoms with Crippen molar-refractivity contribution < 1.29 is 23.0 Å². The molecule has 0 saturated carbocycles. The highest BCUT2D eigenvalue weighted by Crippen LogP contribution is 2.38. The third kappa shape index (κ3) is 5.15. The highest BCUT2D eigenvalue weighted by Gasteiger charge is 2.34. The molecule has 3 heterocycles. The van der Waals surface area contributed by atoms with Crippen molar-refractivity contribution in [3.63, 3.8) is 0 Å². The van der Waals surface area contributed by atoms with Crippen molar-refractivity contribution in [2.45, 2.75) is 39.0 Å². The van der Waals surface area contributed by atoms with Crippen LogP contribution in [0.25, 0.3) is 17.1 Å². The summed E-state index contributed by atoms with van der Waals surface area (Å²) >= 11 is 1.26. The Balaban J connectivity index is 1.84. The van der Waals surface area contributed by atoms with Crippen LogP contribution in [0.2, 0.25) is 0 Å². The fourth-order valence-corrected chi connectivity index (χ4v) is 5.83. The number of aliphatic hydroxyl groups excluding tert-OH is 1. The molecule has 11 nitrogen and oxygen atoms in total. The molecule has 2 N–H and O–H groups in total. The number of rotatable bonds is 9. The van der Waals surface area contributed by atoms with Gasteiger partial charge in [0.15, 0.2) is 5.82 Å². The first-order valence-electron chi connectivity index (χ1n) is 11.3. The molecule has 2 atom stereocenters. The predicted molar refractivity (Wildman–Crippen MR) is 141 cm³/mol. The van der Waals surface area contributed by atoms with Crippen molar-refractivity contribution in [2.24, 2.45) is 0 Å². The van der Waals surface area contributed by atoms with Gasteiger partial charge in [0.25, 0.3) is 0 Å². The standard InChI is InChI=1S/C24H28N6O5S2/c1-13-10-17(12-25-11-13)22-27-28-24(30(22)20-18(34-5)8-7-9-19(20)35-6)29-37(32,33)16(4)21(31)23-26-14(2)15(3)36-23/h7-12,16,21,31H,1-6H3,(H,28,29)/t16-,21+/m1/s1. The van der Waals surface area contributed by atoms with Gasteiger partial charge in [0, 0.05) is 22.8 Å². The van der Waals surface area contributed by atoms with E-state index >= 15 is 0 Å². The fraction of sp³-hybridized carbons (Fsp3) is 0.333. The van der Waals surface area contributed by atoms with Crippen LogP contribution in [0.1, 0.15) is 34.2 Å². The van der Waals surface area contributed by atoms with Gasteiger partial charge in [0.2, 0.25) is 16.0 Å². The van der Waals surface area contributed by atoms with E-state index in [-0.39, 0.29) is 5.95 Å². The summed E-state index contributed by atoms with van der Waals surface area (Å²) in [7, 11) is -1.17. The van der Waals surface area contributed by atoms with E-state index in [1.165, 1.54) is 37.0 Å². The third-order valence-electron chi connectivity index (χ3n) is 5.89. The van der Waals surface area contributed by atoms with Crippen molar-refractivity contribution in [3.8, 4) is 28.6 Å². The van der Waals surface area contributed by atoms with Crippen LogP contribution in [0.5, 0.6) is 11.5 Å². The van der Waals surface area contributed by atoms with Gasteiger partial charge in [0.1, 0.15) is 33.5 Å². The molecule has 0 radical (unpaired) electrons. The van der Waals surface area contributed by atoms with Crippen LogP contribution in [-0.2, 0) is 10.0 Å². The summed E-state index contributed by atoms with van der Waals surface area (Å²) in [6.07, 6.45) is 1.96. The molecule has 0 spiro atoms. The van der Waals surface area contributed by atoms with E-state index in [1.807, 2.05) is 26.8 Å². The van der Waals surface area contributed by atoms with Crippen LogP contribution in [0, 0.1) is 20.8 Å². The minimum Gasteiger partial charge on any atom is -0.494 e. The maximum absolute atomic E-state index is 13.4. The first-order chi connectivity index (χ1) is 17.6. The molecule has 0 unspecified atom stereocenters. The topological polar surface area (TPSA) is 141 Å². The number of nitrogens with one attached hydrogen (secondary N) is 1. The number of hydrogen-bond acceptors (Lipinski definition) is 10. The lowest BCUT2D eigenvalue weighted by molar-refractivity contribution is 0.175. The zero-order chi connectivity index (χ0) is 26.9. The molecule has 0 amide bonds. The lowest BCUT2D eigenvalue weighted by Crippen LogP contribution is -2.31. The number of para-hydroxylation sites is 1. The summed E-state index contributed by atoms with van der Waals surface area (Å²) < 4.78 is 42.1. The van der Waals surface area contributed by atoms with Crippen LogP contribution >= 0.6 is 11.3 Å². The Morgan fingerprint density at radius 1 is 1.08 bits per heavy atom. The molecule has 4 aromatic rings. The Morgan fingerprint density at radius 3 is 2.32 bits per heavy atom.